The molecule has 0 saturated carbocycles. The lowest BCUT2D eigenvalue weighted by molar-refractivity contribution is 1.22. The molecule has 72 valence electrons. The van der Waals surface area contributed by atoms with E-state index in [1.54, 1.807) is 12.1 Å². The molecule has 0 aromatic heterocycles. The van der Waals surface area contributed by atoms with Gasteiger partial charge in [0, 0.05) is 18.1 Å². The van der Waals surface area contributed by atoms with Gasteiger partial charge in [0.2, 0.25) is 3.79 Å². The second-order valence-electron chi connectivity index (χ2n) is 2.25. The summed E-state index contributed by atoms with van der Waals surface area (Å²) in [5, 5.41) is 0. The first-order valence-electron chi connectivity index (χ1n) is 3.04. The number of hydrogen-bond acceptors (Lipinski definition) is 0. The van der Waals surface area contributed by atoms with Crippen molar-refractivity contribution >= 4 is 89.3 Å². The quantitative estimate of drug-likeness (QED) is 0.257. The first-order valence-corrected chi connectivity index (χ1v) is 6.84. The number of rotatable bonds is 0. The lowest BCUT2D eigenvalue weighted by atomic mass is 10.2. The number of halogens is 6. The Labute approximate surface area is 122 Å². The van der Waals surface area contributed by atoms with Crippen molar-refractivity contribution < 1.29 is 0 Å². The van der Waals surface area contributed by atoms with Gasteiger partial charge in [-0.25, -0.2) is 0 Å². The third-order valence-electron chi connectivity index (χ3n) is 1.31. The number of alkyl halides is 3. The van der Waals surface area contributed by atoms with E-state index in [9.17, 15) is 0 Å². The SMILES string of the molecule is ClC(Cl)(Cl)c1cc(Br)c(I)c(Br)c1. The molecule has 0 saturated heterocycles. The van der Waals surface area contributed by atoms with E-state index in [-0.39, 0.29) is 0 Å². The van der Waals surface area contributed by atoms with E-state index in [0.29, 0.717) is 5.56 Å². The number of benzene rings is 1. The molecule has 6 heteroatoms. The maximum Gasteiger partial charge on any atom is 0.216 e. The summed E-state index contributed by atoms with van der Waals surface area (Å²) in [6.07, 6.45) is 0. The third-order valence-corrected chi connectivity index (χ3v) is 5.86. The van der Waals surface area contributed by atoms with Crippen LogP contribution in [0.4, 0.5) is 0 Å². The predicted octanol–water partition coefficient (Wildman–Crippen LogP) is 5.64. The van der Waals surface area contributed by atoms with Crippen molar-refractivity contribution in [1.82, 2.24) is 0 Å². The first-order chi connectivity index (χ1) is 5.82. The molecule has 1 aromatic rings. The molecule has 0 atom stereocenters. The molecule has 0 aliphatic rings. The number of hydrogen-bond donors (Lipinski definition) is 0. The molecular weight excluding hydrogens is 477 g/mol. The fourth-order valence-corrected chi connectivity index (χ4v) is 2.54. The molecule has 1 aromatic carbocycles. The summed E-state index contributed by atoms with van der Waals surface area (Å²) in [6.45, 7) is 0. The van der Waals surface area contributed by atoms with Crippen molar-refractivity contribution in [2.24, 2.45) is 0 Å². The van der Waals surface area contributed by atoms with Crippen molar-refractivity contribution in [3.63, 3.8) is 0 Å². The predicted molar refractivity (Wildman–Crippen MR) is 73.8 cm³/mol. The minimum atomic E-state index is -1.38. The van der Waals surface area contributed by atoms with Gasteiger partial charge in [-0.2, -0.15) is 0 Å². The molecular formula is C7H2Br2Cl3I. The smallest absolute Gasteiger partial charge is 0.0784 e. The van der Waals surface area contributed by atoms with Crippen molar-refractivity contribution in [3.05, 3.63) is 30.2 Å². The molecule has 0 bridgehead atoms. The van der Waals surface area contributed by atoms with E-state index in [1.165, 1.54) is 0 Å². The van der Waals surface area contributed by atoms with Gasteiger partial charge in [-0.1, -0.05) is 34.8 Å². The highest BCUT2D eigenvalue weighted by Crippen LogP contribution is 2.41. The molecule has 0 spiro atoms. The molecule has 13 heavy (non-hydrogen) atoms. The zero-order valence-electron chi connectivity index (χ0n) is 5.92. The maximum absolute atomic E-state index is 5.74. The van der Waals surface area contributed by atoms with E-state index >= 15 is 0 Å². The largest absolute Gasteiger partial charge is 0.216 e. The Hall–Kier alpha value is 1.78. The highest BCUT2D eigenvalue weighted by atomic mass is 127. The Morgan fingerprint density at radius 1 is 1.08 bits per heavy atom. The van der Waals surface area contributed by atoms with Crippen LogP contribution >= 0.6 is 89.3 Å². The second-order valence-corrected chi connectivity index (χ2v) is 7.32. The van der Waals surface area contributed by atoms with Crippen molar-refractivity contribution in [1.29, 1.82) is 0 Å². The van der Waals surface area contributed by atoms with E-state index < -0.39 is 3.79 Å². The maximum atomic E-state index is 5.74. The molecule has 0 amide bonds. The fraction of sp³-hybridized carbons (Fsp3) is 0.143. The van der Waals surface area contributed by atoms with Crippen molar-refractivity contribution in [2.45, 2.75) is 3.79 Å². The Bertz CT molecular complexity index is 312. The van der Waals surface area contributed by atoms with Gasteiger partial charge in [0.15, 0.2) is 0 Å². The van der Waals surface area contributed by atoms with Gasteiger partial charge in [0.05, 0.1) is 0 Å². The van der Waals surface area contributed by atoms with Crippen LogP contribution in [0.25, 0.3) is 0 Å². The van der Waals surface area contributed by atoms with Gasteiger partial charge < -0.3 is 0 Å². The topological polar surface area (TPSA) is 0 Å². The van der Waals surface area contributed by atoms with Gasteiger partial charge in [-0.3, -0.25) is 0 Å². The molecule has 0 aliphatic heterocycles. The van der Waals surface area contributed by atoms with Crippen LogP contribution in [-0.4, -0.2) is 0 Å². The minimum absolute atomic E-state index is 0.636. The first kappa shape index (κ1) is 12.8. The van der Waals surface area contributed by atoms with Crippen LogP contribution in [0.5, 0.6) is 0 Å². The average Bonchev–Trinajstić information content (AvgIpc) is 1.97. The summed E-state index contributed by atoms with van der Waals surface area (Å²) in [5.41, 5.74) is 0.636. The fourth-order valence-electron chi connectivity index (χ4n) is 0.719. The van der Waals surface area contributed by atoms with E-state index in [2.05, 4.69) is 54.5 Å². The van der Waals surface area contributed by atoms with Crippen LogP contribution in [0.2, 0.25) is 0 Å². The van der Waals surface area contributed by atoms with Crippen molar-refractivity contribution in [2.75, 3.05) is 0 Å². The van der Waals surface area contributed by atoms with Gasteiger partial charge >= 0.3 is 0 Å². The van der Waals surface area contributed by atoms with Crippen LogP contribution in [-0.2, 0) is 3.79 Å². The van der Waals surface area contributed by atoms with Gasteiger partial charge in [0.25, 0.3) is 0 Å². The van der Waals surface area contributed by atoms with E-state index in [4.69, 9.17) is 34.8 Å². The zero-order valence-corrected chi connectivity index (χ0v) is 13.5. The van der Waals surface area contributed by atoms with E-state index in [0.717, 1.165) is 12.5 Å². The Balaban J connectivity index is 3.29. The van der Waals surface area contributed by atoms with Crippen LogP contribution in [0.3, 0.4) is 0 Å². The van der Waals surface area contributed by atoms with Crippen molar-refractivity contribution in [3.8, 4) is 0 Å². The highest BCUT2D eigenvalue weighted by Gasteiger charge is 2.24. The lowest BCUT2D eigenvalue weighted by Gasteiger charge is -2.13. The lowest BCUT2D eigenvalue weighted by Crippen LogP contribution is -2.00. The zero-order chi connectivity index (χ0) is 10.2. The highest BCUT2D eigenvalue weighted by molar-refractivity contribution is 14.1. The Morgan fingerprint density at radius 3 is 1.77 bits per heavy atom. The minimum Gasteiger partial charge on any atom is -0.0784 e. The second kappa shape index (κ2) is 4.74. The summed E-state index contributed by atoms with van der Waals surface area (Å²) >= 11 is 26.2. The molecule has 0 aliphatic carbocycles. The van der Waals surface area contributed by atoms with Crippen LogP contribution in [0, 0.1) is 3.57 Å². The van der Waals surface area contributed by atoms with Gasteiger partial charge in [-0.05, 0) is 66.6 Å². The summed E-state index contributed by atoms with van der Waals surface area (Å²) in [7, 11) is 0. The molecule has 1 rings (SSSR count). The molecule has 0 heterocycles. The molecule has 0 N–H and O–H groups in total. The average molecular weight is 479 g/mol. The Morgan fingerprint density at radius 2 is 1.46 bits per heavy atom. The molecule has 0 radical (unpaired) electrons. The Kier molecular flexibility index (Phi) is 4.69. The third kappa shape index (κ3) is 3.38. The molecule has 0 unspecified atom stereocenters. The van der Waals surface area contributed by atoms with Gasteiger partial charge in [-0.15, -0.1) is 0 Å². The molecule has 0 nitrogen and oxygen atoms in total. The monoisotopic (exact) mass is 476 g/mol. The standard InChI is InChI=1S/C7H2Br2Cl3I/c8-4-1-3(7(10,11)12)2-5(9)6(4)13/h1-2H. The summed E-state index contributed by atoms with van der Waals surface area (Å²) in [5.74, 6) is 0. The normalized spacial score (nSPS) is 11.8. The molecule has 0 fully saturated rings. The van der Waals surface area contributed by atoms with Crippen LogP contribution in [0.1, 0.15) is 5.56 Å². The van der Waals surface area contributed by atoms with Crippen LogP contribution < -0.4 is 0 Å². The van der Waals surface area contributed by atoms with E-state index in [1.807, 2.05) is 0 Å². The summed E-state index contributed by atoms with van der Waals surface area (Å²) in [4.78, 5) is 0. The van der Waals surface area contributed by atoms with Gasteiger partial charge in [0.1, 0.15) is 0 Å². The summed E-state index contributed by atoms with van der Waals surface area (Å²) in [6, 6.07) is 3.58. The summed E-state index contributed by atoms with van der Waals surface area (Å²) < 4.78 is 1.48. The van der Waals surface area contributed by atoms with Crippen LogP contribution in [0.15, 0.2) is 21.1 Å².